The third kappa shape index (κ3) is 5.20. The first-order chi connectivity index (χ1) is 11.5. The predicted molar refractivity (Wildman–Crippen MR) is 106 cm³/mol. The van der Waals surface area contributed by atoms with E-state index in [0.717, 1.165) is 36.0 Å². The Hall–Kier alpha value is -1.60. The van der Waals surface area contributed by atoms with Gasteiger partial charge in [0.1, 0.15) is 11.8 Å². The highest BCUT2D eigenvalue weighted by Gasteiger charge is 2.26. The van der Waals surface area contributed by atoms with E-state index >= 15 is 0 Å². The first-order valence-corrected chi connectivity index (χ1v) is 8.29. The monoisotopic (exact) mass is 400 g/mol. The van der Waals surface area contributed by atoms with Gasteiger partial charge in [0.2, 0.25) is 11.8 Å². The molecule has 0 spiro atoms. The first-order valence-electron chi connectivity index (χ1n) is 8.29. The third-order valence-corrected chi connectivity index (χ3v) is 4.54. The number of oxazole rings is 1. The Morgan fingerprint density at radius 1 is 1.15 bits per heavy atom. The average Bonchev–Trinajstić information content (AvgIpc) is 2.92. The highest BCUT2D eigenvalue weighted by molar-refractivity contribution is 5.85. The number of nitrogens with two attached hydrogens (primary N) is 1. The largest absolute Gasteiger partial charge is 0.444 e. The molecule has 1 fully saturated rings. The lowest BCUT2D eigenvalue weighted by Crippen LogP contribution is -2.50. The van der Waals surface area contributed by atoms with Crippen LogP contribution in [0.25, 0.3) is 0 Å². The van der Waals surface area contributed by atoms with Gasteiger partial charge in [-0.1, -0.05) is 30.3 Å². The van der Waals surface area contributed by atoms with Gasteiger partial charge in [0.05, 0.1) is 12.2 Å². The van der Waals surface area contributed by atoms with Crippen molar-refractivity contribution >= 4 is 30.7 Å². The maximum atomic E-state index is 12.6. The molecular formula is C18H26Cl2N4O2. The van der Waals surface area contributed by atoms with E-state index < -0.39 is 6.04 Å². The number of benzene rings is 1. The van der Waals surface area contributed by atoms with E-state index in [1.54, 1.807) is 0 Å². The van der Waals surface area contributed by atoms with Gasteiger partial charge in [0.25, 0.3) is 0 Å². The number of carbonyl (C=O) groups excluding carboxylic acids is 1. The minimum Gasteiger partial charge on any atom is -0.444 e. The first kappa shape index (κ1) is 22.4. The van der Waals surface area contributed by atoms with Crippen LogP contribution in [-0.4, -0.2) is 46.9 Å². The normalized spacial score (nSPS) is 15.7. The van der Waals surface area contributed by atoms with Crippen molar-refractivity contribution in [2.75, 3.05) is 26.2 Å². The quantitative estimate of drug-likeness (QED) is 0.852. The van der Waals surface area contributed by atoms with Gasteiger partial charge in [0.15, 0.2) is 0 Å². The van der Waals surface area contributed by atoms with Gasteiger partial charge >= 0.3 is 0 Å². The maximum absolute atomic E-state index is 12.6. The number of hydrogen-bond acceptors (Lipinski definition) is 5. The Morgan fingerprint density at radius 2 is 1.77 bits per heavy atom. The lowest BCUT2D eigenvalue weighted by Gasteiger charge is -2.35. The molecule has 2 N–H and O–H groups in total. The number of halogens is 2. The Balaban J connectivity index is 0.00000169. The zero-order valence-electron chi connectivity index (χ0n) is 15.1. The van der Waals surface area contributed by atoms with Crippen LogP contribution in [-0.2, 0) is 11.3 Å². The number of aryl methyl sites for hydroxylation is 2. The molecule has 1 aliphatic heterocycles. The van der Waals surface area contributed by atoms with Crippen LogP contribution in [0.5, 0.6) is 0 Å². The second kappa shape index (κ2) is 9.92. The summed E-state index contributed by atoms with van der Waals surface area (Å²) in [4.78, 5) is 21.1. The summed E-state index contributed by atoms with van der Waals surface area (Å²) >= 11 is 0. The lowest BCUT2D eigenvalue weighted by atomic mass is 10.1. The fourth-order valence-corrected chi connectivity index (χ4v) is 2.92. The van der Waals surface area contributed by atoms with Crippen molar-refractivity contribution in [2.45, 2.75) is 26.4 Å². The van der Waals surface area contributed by atoms with E-state index in [4.69, 9.17) is 10.2 Å². The second-order valence-corrected chi connectivity index (χ2v) is 6.24. The molecule has 1 amide bonds. The van der Waals surface area contributed by atoms with Gasteiger partial charge in [-0.25, -0.2) is 4.98 Å². The van der Waals surface area contributed by atoms with Crippen LogP contribution in [0.15, 0.2) is 34.7 Å². The molecule has 1 aliphatic rings. The van der Waals surface area contributed by atoms with Crippen molar-refractivity contribution in [3.05, 3.63) is 53.2 Å². The molecule has 1 saturated heterocycles. The molecule has 1 aromatic heterocycles. The molecule has 0 aliphatic carbocycles. The zero-order valence-corrected chi connectivity index (χ0v) is 16.7. The van der Waals surface area contributed by atoms with E-state index in [1.165, 1.54) is 0 Å². The van der Waals surface area contributed by atoms with Crippen molar-refractivity contribution in [1.29, 1.82) is 0 Å². The van der Waals surface area contributed by atoms with Crippen LogP contribution in [0.1, 0.15) is 29.0 Å². The molecule has 1 atom stereocenters. The Labute approximate surface area is 166 Å². The summed E-state index contributed by atoms with van der Waals surface area (Å²) in [5, 5.41) is 0. The van der Waals surface area contributed by atoms with Gasteiger partial charge < -0.3 is 15.1 Å². The van der Waals surface area contributed by atoms with Crippen molar-refractivity contribution in [2.24, 2.45) is 5.73 Å². The number of nitrogens with zero attached hydrogens (tertiary/aromatic N) is 3. The molecule has 144 valence electrons. The Kier molecular flexibility index (Phi) is 8.56. The summed E-state index contributed by atoms with van der Waals surface area (Å²) in [6.45, 7) is 7.51. The molecule has 0 saturated carbocycles. The standard InChI is InChI=1S/C18H24N4O2.2ClH/c1-13-14(2)24-16(20-13)12-21-8-10-22(11-9-21)18(23)17(19)15-6-4-3-5-7-15;;/h3-7,17H,8-12,19H2,1-2H3;2*1H. The smallest absolute Gasteiger partial charge is 0.244 e. The summed E-state index contributed by atoms with van der Waals surface area (Å²) in [6, 6.07) is 8.93. The minimum absolute atomic E-state index is 0. The molecule has 3 rings (SSSR count). The molecule has 1 aromatic carbocycles. The second-order valence-electron chi connectivity index (χ2n) is 6.24. The fraction of sp³-hybridized carbons (Fsp3) is 0.444. The number of aromatic nitrogens is 1. The highest BCUT2D eigenvalue weighted by atomic mass is 35.5. The Bertz CT molecular complexity index is 681. The number of rotatable bonds is 4. The molecule has 26 heavy (non-hydrogen) atoms. The third-order valence-electron chi connectivity index (χ3n) is 4.54. The summed E-state index contributed by atoms with van der Waals surface area (Å²) in [5.74, 6) is 1.60. The van der Waals surface area contributed by atoms with Crippen LogP contribution in [0.2, 0.25) is 0 Å². The van der Waals surface area contributed by atoms with E-state index in [9.17, 15) is 4.79 Å². The van der Waals surface area contributed by atoms with Crippen LogP contribution in [0.3, 0.4) is 0 Å². The average molecular weight is 401 g/mol. The van der Waals surface area contributed by atoms with Crippen LogP contribution < -0.4 is 5.73 Å². The number of piperazine rings is 1. The summed E-state index contributed by atoms with van der Waals surface area (Å²) in [5.41, 5.74) is 7.91. The molecule has 2 heterocycles. The van der Waals surface area contributed by atoms with Crippen molar-refractivity contribution < 1.29 is 9.21 Å². The van der Waals surface area contributed by atoms with Crippen LogP contribution in [0, 0.1) is 13.8 Å². The van der Waals surface area contributed by atoms with Crippen molar-refractivity contribution in [3.8, 4) is 0 Å². The highest BCUT2D eigenvalue weighted by Crippen LogP contribution is 2.16. The van der Waals surface area contributed by atoms with E-state index in [1.807, 2.05) is 49.1 Å². The van der Waals surface area contributed by atoms with Crippen LogP contribution >= 0.6 is 24.8 Å². The van der Waals surface area contributed by atoms with E-state index in [0.29, 0.717) is 19.6 Å². The predicted octanol–water partition coefficient (Wildman–Crippen LogP) is 2.48. The molecule has 6 nitrogen and oxygen atoms in total. The zero-order chi connectivity index (χ0) is 17.1. The topological polar surface area (TPSA) is 75.6 Å². The van der Waals surface area contributed by atoms with Crippen molar-refractivity contribution in [1.82, 2.24) is 14.8 Å². The lowest BCUT2D eigenvalue weighted by molar-refractivity contribution is -0.134. The molecular weight excluding hydrogens is 375 g/mol. The van der Waals surface area contributed by atoms with Gasteiger partial charge in [-0.2, -0.15) is 0 Å². The van der Waals surface area contributed by atoms with Gasteiger partial charge in [-0.3, -0.25) is 9.69 Å². The fourth-order valence-electron chi connectivity index (χ4n) is 2.92. The number of amides is 1. The van der Waals surface area contributed by atoms with Gasteiger partial charge in [-0.15, -0.1) is 24.8 Å². The SMILES string of the molecule is Cc1nc(CN2CCN(C(=O)C(N)c3ccccc3)CC2)oc1C.Cl.Cl. The number of carbonyl (C=O) groups is 1. The molecule has 8 heteroatoms. The van der Waals surface area contributed by atoms with E-state index in [-0.39, 0.29) is 30.7 Å². The molecule has 0 bridgehead atoms. The van der Waals surface area contributed by atoms with Gasteiger partial charge in [0, 0.05) is 26.2 Å². The van der Waals surface area contributed by atoms with Crippen LogP contribution in [0.4, 0.5) is 0 Å². The number of hydrogen-bond donors (Lipinski definition) is 1. The molecule has 1 unspecified atom stereocenters. The summed E-state index contributed by atoms with van der Waals surface area (Å²) < 4.78 is 5.63. The summed E-state index contributed by atoms with van der Waals surface area (Å²) in [7, 11) is 0. The van der Waals surface area contributed by atoms with E-state index in [2.05, 4.69) is 9.88 Å². The van der Waals surface area contributed by atoms with Gasteiger partial charge in [-0.05, 0) is 19.4 Å². The minimum atomic E-state index is -0.588. The Morgan fingerprint density at radius 3 is 2.31 bits per heavy atom. The maximum Gasteiger partial charge on any atom is 0.244 e. The van der Waals surface area contributed by atoms with Crippen molar-refractivity contribution in [3.63, 3.8) is 0 Å². The molecule has 0 radical (unpaired) electrons. The summed E-state index contributed by atoms with van der Waals surface area (Å²) in [6.07, 6.45) is 0. The molecule has 2 aromatic rings.